The Kier molecular flexibility index (Phi) is 5.95. The van der Waals surface area contributed by atoms with Crippen LogP contribution in [-0.4, -0.2) is 39.0 Å². The predicted octanol–water partition coefficient (Wildman–Crippen LogP) is 8.10. The van der Waals surface area contributed by atoms with E-state index in [2.05, 4.69) is 85.8 Å². The van der Waals surface area contributed by atoms with E-state index in [9.17, 15) is 0 Å². The molecule has 0 N–H and O–H groups in total. The number of hydrogen-bond acceptors (Lipinski definition) is 6. The van der Waals surface area contributed by atoms with Crippen molar-refractivity contribution in [3.05, 3.63) is 146 Å². The molecular formula is C38H24N8. The van der Waals surface area contributed by atoms with E-state index >= 15 is 0 Å². The highest BCUT2D eigenvalue weighted by Gasteiger charge is 2.23. The van der Waals surface area contributed by atoms with Crippen LogP contribution in [0, 0.1) is 0 Å². The largest absolute Gasteiger partial charge is 0.292 e. The maximum absolute atomic E-state index is 5.36. The molecule has 8 nitrogen and oxygen atoms in total. The average Bonchev–Trinajstić information content (AvgIpc) is 3.69. The van der Waals surface area contributed by atoms with E-state index < -0.39 is 0 Å². The molecule has 0 unspecified atom stereocenters. The number of hydrogen-bond donors (Lipinski definition) is 0. The molecule has 0 atom stereocenters. The number of benzene rings is 4. The second kappa shape index (κ2) is 10.6. The van der Waals surface area contributed by atoms with Crippen LogP contribution < -0.4 is 0 Å². The number of pyridine rings is 2. The van der Waals surface area contributed by atoms with Gasteiger partial charge in [0.05, 0.1) is 22.1 Å². The zero-order valence-corrected chi connectivity index (χ0v) is 24.4. The summed E-state index contributed by atoms with van der Waals surface area (Å²) in [5.74, 6) is 2.52. The van der Waals surface area contributed by atoms with Gasteiger partial charge in [-0.2, -0.15) is 9.97 Å². The standard InChI is InChI=1S/C38H24N8/c1-3-9-27(10-4-1)37-41-34-32(45(37)28-11-5-2-6-12-28)16-15-31-33(34)29-13-7-8-14-30(29)46(31)38-43-35(25-17-21-39-22-18-25)42-36(44-38)26-19-23-40-24-20-26/h1-24H. The summed E-state index contributed by atoms with van der Waals surface area (Å²) in [6.45, 7) is 0. The minimum absolute atomic E-state index is 0.518. The zero-order valence-electron chi connectivity index (χ0n) is 24.4. The number of imidazole rings is 1. The molecule has 9 rings (SSSR count). The minimum atomic E-state index is 0.518. The summed E-state index contributed by atoms with van der Waals surface area (Å²) >= 11 is 0. The highest BCUT2D eigenvalue weighted by atomic mass is 15.2. The normalized spacial score (nSPS) is 11.5. The van der Waals surface area contributed by atoms with Crippen molar-refractivity contribution >= 4 is 32.8 Å². The SMILES string of the molecule is c1ccc(-c2nc3c4c5ccccc5n(-c5nc(-c6ccncc6)nc(-c6ccncc6)n5)c4ccc3n2-c2ccccc2)cc1. The van der Waals surface area contributed by atoms with Crippen molar-refractivity contribution in [3.63, 3.8) is 0 Å². The van der Waals surface area contributed by atoms with Crippen LogP contribution in [0.2, 0.25) is 0 Å². The molecule has 216 valence electrons. The van der Waals surface area contributed by atoms with Crippen molar-refractivity contribution in [3.8, 4) is 45.8 Å². The summed E-state index contributed by atoms with van der Waals surface area (Å²) < 4.78 is 4.35. The van der Waals surface area contributed by atoms with Crippen molar-refractivity contribution < 1.29 is 0 Å². The fourth-order valence-electron chi connectivity index (χ4n) is 6.15. The van der Waals surface area contributed by atoms with Crippen LogP contribution in [-0.2, 0) is 0 Å². The Morgan fingerprint density at radius 3 is 1.67 bits per heavy atom. The van der Waals surface area contributed by atoms with Crippen LogP contribution in [0.3, 0.4) is 0 Å². The van der Waals surface area contributed by atoms with Crippen LogP contribution in [0.15, 0.2) is 146 Å². The maximum atomic E-state index is 5.36. The number of fused-ring (bicyclic) bond motifs is 5. The van der Waals surface area contributed by atoms with Crippen molar-refractivity contribution in [1.82, 2.24) is 39.0 Å². The molecule has 4 aromatic carbocycles. The van der Waals surface area contributed by atoms with Gasteiger partial charge in [0.15, 0.2) is 11.6 Å². The lowest BCUT2D eigenvalue weighted by Gasteiger charge is -2.11. The average molecular weight is 593 g/mol. The van der Waals surface area contributed by atoms with Gasteiger partial charge in [-0.3, -0.25) is 19.1 Å². The van der Waals surface area contributed by atoms with E-state index in [4.69, 9.17) is 19.9 Å². The molecule has 8 heteroatoms. The van der Waals surface area contributed by atoms with E-state index in [0.717, 1.165) is 61.0 Å². The van der Waals surface area contributed by atoms with Crippen LogP contribution in [0.25, 0.3) is 78.6 Å². The minimum Gasteiger partial charge on any atom is -0.292 e. The molecule has 0 aliphatic carbocycles. The van der Waals surface area contributed by atoms with Gasteiger partial charge in [-0.25, -0.2) is 9.97 Å². The Morgan fingerprint density at radius 1 is 0.413 bits per heavy atom. The van der Waals surface area contributed by atoms with E-state index in [1.165, 1.54) is 0 Å². The lowest BCUT2D eigenvalue weighted by Crippen LogP contribution is -2.06. The van der Waals surface area contributed by atoms with E-state index in [1.807, 2.05) is 54.6 Å². The van der Waals surface area contributed by atoms with Gasteiger partial charge in [0, 0.05) is 57.9 Å². The fourth-order valence-corrected chi connectivity index (χ4v) is 6.15. The summed E-state index contributed by atoms with van der Waals surface area (Å²) in [5.41, 5.74) is 7.66. The molecule has 0 aliphatic rings. The van der Waals surface area contributed by atoms with Crippen molar-refractivity contribution in [1.29, 1.82) is 0 Å². The molecule has 0 amide bonds. The number of para-hydroxylation sites is 2. The second-order valence-electron chi connectivity index (χ2n) is 10.9. The molecule has 0 saturated heterocycles. The lowest BCUT2D eigenvalue weighted by atomic mass is 10.1. The first kappa shape index (κ1) is 25.9. The van der Waals surface area contributed by atoms with E-state index in [-0.39, 0.29) is 0 Å². The summed E-state index contributed by atoms with van der Waals surface area (Å²) in [7, 11) is 0. The van der Waals surface area contributed by atoms with E-state index in [1.54, 1.807) is 24.8 Å². The van der Waals surface area contributed by atoms with Gasteiger partial charge in [0.2, 0.25) is 5.95 Å². The topological polar surface area (TPSA) is 87.2 Å². The van der Waals surface area contributed by atoms with Gasteiger partial charge in [-0.1, -0.05) is 66.7 Å². The maximum Gasteiger partial charge on any atom is 0.238 e. The molecule has 0 spiro atoms. The third kappa shape index (κ3) is 4.16. The number of nitrogens with zero attached hydrogens (tertiary/aromatic N) is 8. The summed E-state index contributed by atoms with van der Waals surface area (Å²) in [6, 6.07) is 41.0. The fraction of sp³-hybridized carbons (Fsp3) is 0. The van der Waals surface area contributed by atoms with Gasteiger partial charge < -0.3 is 0 Å². The highest BCUT2D eigenvalue weighted by molar-refractivity contribution is 6.20. The quantitative estimate of drug-likeness (QED) is 0.201. The highest BCUT2D eigenvalue weighted by Crippen LogP contribution is 2.39. The van der Waals surface area contributed by atoms with Crippen LogP contribution >= 0.6 is 0 Å². The van der Waals surface area contributed by atoms with Gasteiger partial charge in [0.25, 0.3) is 0 Å². The molecule has 0 radical (unpaired) electrons. The Bertz CT molecular complexity index is 2450. The molecule has 0 saturated carbocycles. The summed E-state index contributed by atoms with van der Waals surface area (Å²) in [5, 5.41) is 2.10. The van der Waals surface area contributed by atoms with E-state index in [0.29, 0.717) is 17.6 Å². The number of rotatable bonds is 5. The van der Waals surface area contributed by atoms with Crippen LogP contribution in [0.1, 0.15) is 0 Å². The first-order chi connectivity index (χ1) is 22.8. The monoisotopic (exact) mass is 592 g/mol. The molecule has 0 bridgehead atoms. The molecule has 5 heterocycles. The van der Waals surface area contributed by atoms with Gasteiger partial charge in [-0.15, -0.1) is 0 Å². The molecule has 46 heavy (non-hydrogen) atoms. The predicted molar refractivity (Wildman–Crippen MR) is 181 cm³/mol. The Labute approximate surface area is 263 Å². The van der Waals surface area contributed by atoms with Crippen molar-refractivity contribution in [2.75, 3.05) is 0 Å². The molecule has 0 fully saturated rings. The Hall–Kier alpha value is -6.54. The van der Waals surface area contributed by atoms with Gasteiger partial charge in [-0.05, 0) is 54.6 Å². The zero-order chi connectivity index (χ0) is 30.5. The second-order valence-corrected chi connectivity index (χ2v) is 10.9. The third-order valence-corrected chi connectivity index (χ3v) is 8.21. The molecule has 0 aliphatic heterocycles. The van der Waals surface area contributed by atoms with Gasteiger partial charge in [0.1, 0.15) is 5.82 Å². The first-order valence-corrected chi connectivity index (χ1v) is 15.0. The number of aromatic nitrogens is 8. The molecular weight excluding hydrogens is 568 g/mol. The third-order valence-electron chi connectivity index (χ3n) is 8.21. The Morgan fingerprint density at radius 2 is 1.00 bits per heavy atom. The van der Waals surface area contributed by atoms with Crippen molar-refractivity contribution in [2.45, 2.75) is 0 Å². The summed E-state index contributed by atoms with van der Waals surface area (Å²) in [4.78, 5) is 28.7. The summed E-state index contributed by atoms with van der Waals surface area (Å²) in [6.07, 6.45) is 6.98. The van der Waals surface area contributed by atoms with Crippen LogP contribution in [0.4, 0.5) is 0 Å². The molecule has 9 aromatic rings. The van der Waals surface area contributed by atoms with Gasteiger partial charge >= 0.3 is 0 Å². The lowest BCUT2D eigenvalue weighted by molar-refractivity contribution is 0.952. The molecule has 5 aromatic heterocycles. The smallest absolute Gasteiger partial charge is 0.238 e. The first-order valence-electron chi connectivity index (χ1n) is 15.0. The van der Waals surface area contributed by atoms with Crippen molar-refractivity contribution in [2.24, 2.45) is 0 Å². The Balaban J connectivity index is 1.38. The van der Waals surface area contributed by atoms with Crippen LogP contribution in [0.5, 0.6) is 0 Å².